The first-order chi connectivity index (χ1) is 7.15. The molecule has 0 heterocycles. The molecule has 0 unspecified atom stereocenters. The highest BCUT2D eigenvalue weighted by molar-refractivity contribution is 5.75. The summed E-state index contributed by atoms with van der Waals surface area (Å²) in [6.45, 7) is 7.24. The third kappa shape index (κ3) is 4.54. The van der Waals surface area contributed by atoms with Gasteiger partial charge in [0.05, 0.1) is 0 Å². The van der Waals surface area contributed by atoms with Crippen molar-refractivity contribution < 1.29 is 4.79 Å². The van der Waals surface area contributed by atoms with Gasteiger partial charge in [0.1, 0.15) is 0 Å². The van der Waals surface area contributed by atoms with E-state index < -0.39 is 0 Å². The van der Waals surface area contributed by atoms with Crippen molar-refractivity contribution >= 4 is 6.03 Å². The van der Waals surface area contributed by atoms with Crippen LogP contribution < -0.4 is 5.32 Å². The van der Waals surface area contributed by atoms with Crippen molar-refractivity contribution in [2.24, 2.45) is 0 Å². The molecule has 0 spiro atoms. The van der Waals surface area contributed by atoms with Crippen LogP contribution in [-0.4, -0.2) is 29.6 Å². The highest BCUT2D eigenvalue weighted by Gasteiger charge is 2.26. The van der Waals surface area contributed by atoms with Gasteiger partial charge in [-0.15, -0.1) is 0 Å². The van der Waals surface area contributed by atoms with Crippen molar-refractivity contribution in [1.82, 2.24) is 10.2 Å². The maximum Gasteiger partial charge on any atom is 0.317 e. The van der Waals surface area contributed by atoms with Crippen LogP contribution in [0.25, 0.3) is 0 Å². The number of nitrogens with zero attached hydrogens (tertiary/aromatic N) is 1. The molecule has 3 nitrogen and oxygen atoms in total. The largest absolute Gasteiger partial charge is 0.335 e. The number of hydrogen-bond acceptors (Lipinski definition) is 1. The number of unbranched alkanes of at least 4 members (excludes halogenated alkanes) is 2. The number of urea groups is 1. The van der Waals surface area contributed by atoms with E-state index in [9.17, 15) is 4.79 Å². The van der Waals surface area contributed by atoms with Crippen LogP contribution in [-0.2, 0) is 0 Å². The zero-order chi connectivity index (χ0) is 11.3. The molecule has 1 saturated carbocycles. The molecule has 0 aromatic rings. The fraction of sp³-hybridized carbons (Fsp3) is 0.917. The van der Waals surface area contributed by atoms with Gasteiger partial charge in [-0.3, -0.25) is 0 Å². The summed E-state index contributed by atoms with van der Waals surface area (Å²) >= 11 is 0. The summed E-state index contributed by atoms with van der Waals surface area (Å²) in [5, 5.41) is 3.05. The number of carbonyl (C=O) groups is 1. The van der Waals surface area contributed by atoms with Gasteiger partial charge < -0.3 is 10.2 Å². The zero-order valence-corrected chi connectivity index (χ0v) is 10.3. The fourth-order valence-corrected chi connectivity index (χ4v) is 1.61. The predicted molar refractivity (Wildman–Crippen MR) is 62.9 cm³/mol. The molecule has 0 saturated heterocycles. The first-order valence-corrected chi connectivity index (χ1v) is 6.22. The Morgan fingerprint density at radius 3 is 2.53 bits per heavy atom. The molecule has 0 atom stereocenters. The third-order valence-electron chi connectivity index (χ3n) is 2.79. The van der Waals surface area contributed by atoms with E-state index in [4.69, 9.17) is 0 Å². The van der Waals surface area contributed by atoms with E-state index in [1.165, 1.54) is 12.8 Å². The summed E-state index contributed by atoms with van der Waals surface area (Å²) in [5.41, 5.74) is 0. The Kier molecular flexibility index (Phi) is 4.92. The maximum absolute atomic E-state index is 11.8. The van der Waals surface area contributed by atoms with Gasteiger partial charge in [-0.05, 0) is 33.1 Å². The number of rotatable bonds is 6. The second-order valence-corrected chi connectivity index (χ2v) is 4.72. The molecule has 1 N–H and O–H groups in total. The Balaban J connectivity index is 2.30. The van der Waals surface area contributed by atoms with Gasteiger partial charge in [-0.2, -0.15) is 0 Å². The zero-order valence-electron chi connectivity index (χ0n) is 10.3. The Morgan fingerprint density at radius 1 is 1.40 bits per heavy atom. The molecule has 15 heavy (non-hydrogen) atoms. The van der Waals surface area contributed by atoms with Crippen LogP contribution in [0, 0.1) is 0 Å². The number of nitrogens with one attached hydrogen (secondary N) is 1. The second-order valence-electron chi connectivity index (χ2n) is 4.72. The minimum atomic E-state index is 0.128. The van der Waals surface area contributed by atoms with Crippen molar-refractivity contribution in [3.63, 3.8) is 0 Å². The lowest BCUT2D eigenvalue weighted by Gasteiger charge is -2.27. The molecule has 1 rings (SSSR count). The molecule has 0 aliphatic heterocycles. The molecule has 0 aromatic heterocycles. The predicted octanol–water partition coefficient (Wildman–Crippen LogP) is 2.76. The quantitative estimate of drug-likeness (QED) is 0.675. The average molecular weight is 212 g/mol. The minimum absolute atomic E-state index is 0.128. The summed E-state index contributed by atoms with van der Waals surface area (Å²) in [6, 6.07) is 0.897. The first-order valence-electron chi connectivity index (χ1n) is 6.22. The van der Waals surface area contributed by atoms with Gasteiger partial charge in [0.15, 0.2) is 0 Å². The van der Waals surface area contributed by atoms with Gasteiger partial charge in [-0.1, -0.05) is 19.8 Å². The molecule has 88 valence electrons. The molecule has 2 amide bonds. The lowest BCUT2D eigenvalue weighted by molar-refractivity contribution is 0.181. The molecule has 0 aromatic carbocycles. The summed E-state index contributed by atoms with van der Waals surface area (Å²) in [6.07, 6.45) is 5.85. The highest BCUT2D eigenvalue weighted by atomic mass is 16.2. The molecule has 1 aliphatic rings. The molecular formula is C12H24N2O. The first kappa shape index (κ1) is 12.3. The lowest BCUT2D eigenvalue weighted by Crippen LogP contribution is -2.45. The average Bonchev–Trinajstić information content (AvgIpc) is 2.95. The molecule has 1 fully saturated rings. The minimum Gasteiger partial charge on any atom is -0.335 e. The Labute approximate surface area is 93.2 Å². The smallest absolute Gasteiger partial charge is 0.317 e. The van der Waals surface area contributed by atoms with Crippen LogP contribution in [0.3, 0.4) is 0 Å². The SMILES string of the molecule is CCCCCN(C(=O)NC1CC1)C(C)C. The Bertz CT molecular complexity index is 200. The Hall–Kier alpha value is -0.730. The van der Waals surface area contributed by atoms with Crippen LogP contribution in [0.4, 0.5) is 4.79 Å². The summed E-state index contributed by atoms with van der Waals surface area (Å²) in [4.78, 5) is 13.8. The normalized spacial score (nSPS) is 15.5. The molecular weight excluding hydrogens is 188 g/mol. The maximum atomic E-state index is 11.8. The van der Waals surface area contributed by atoms with Gasteiger partial charge >= 0.3 is 6.03 Å². The molecule has 0 radical (unpaired) electrons. The van der Waals surface area contributed by atoms with Crippen molar-refractivity contribution in [3.05, 3.63) is 0 Å². The topological polar surface area (TPSA) is 32.3 Å². The molecule has 1 aliphatic carbocycles. The van der Waals surface area contributed by atoms with E-state index in [0.29, 0.717) is 12.1 Å². The van der Waals surface area contributed by atoms with Crippen LogP contribution in [0.2, 0.25) is 0 Å². The number of carbonyl (C=O) groups excluding carboxylic acids is 1. The number of hydrogen-bond donors (Lipinski definition) is 1. The van der Waals surface area contributed by atoms with Crippen molar-refractivity contribution in [2.45, 2.75) is 65.0 Å². The van der Waals surface area contributed by atoms with Gasteiger partial charge in [0, 0.05) is 18.6 Å². The number of amides is 2. The van der Waals surface area contributed by atoms with E-state index in [0.717, 1.165) is 25.8 Å². The monoisotopic (exact) mass is 212 g/mol. The van der Waals surface area contributed by atoms with E-state index in [-0.39, 0.29) is 6.03 Å². The van der Waals surface area contributed by atoms with Crippen LogP contribution >= 0.6 is 0 Å². The standard InChI is InChI=1S/C12H24N2O/c1-4-5-6-9-14(10(2)3)12(15)13-11-7-8-11/h10-11H,4-9H2,1-3H3,(H,13,15). The van der Waals surface area contributed by atoms with E-state index >= 15 is 0 Å². The summed E-state index contributed by atoms with van der Waals surface area (Å²) in [5.74, 6) is 0. The van der Waals surface area contributed by atoms with Crippen LogP contribution in [0.1, 0.15) is 52.9 Å². The van der Waals surface area contributed by atoms with E-state index in [2.05, 4.69) is 26.1 Å². The van der Waals surface area contributed by atoms with Crippen molar-refractivity contribution in [2.75, 3.05) is 6.54 Å². The van der Waals surface area contributed by atoms with Gasteiger partial charge in [-0.25, -0.2) is 4.79 Å². The van der Waals surface area contributed by atoms with Crippen LogP contribution in [0.15, 0.2) is 0 Å². The van der Waals surface area contributed by atoms with Crippen LogP contribution in [0.5, 0.6) is 0 Å². The second kappa shape index (κ2) is 5.99. The summed E-state index contributed by atoms with van der Waals surface area (Å²) in [7, 11) is 0. The third-order valence-corrected chi connectivity index (χ3v) is 2.79. The highest BCUT2D eigenvalue weighted by Crippen LogP contribution is 2.19. The van der Waals surface area contributed by atoms with Crippen molar-refractivity contribution in [3.8, 4) is 0 Å². The fourth-order valence-electron chi connectivity index (χ4n) is 1.61. The molecule has 3 heteroatoms. The van der Waals surface area contributed by atoms with Crippen molar-refractivity contribution in [1.29, 1.82) is 0 Å². The van der Waals surface area contributed by atoms with Gasteiger partial charge in [0.2, 0.25) is 0 Å². The van der Waals surface area contributed by atoms with E-state index in [1.54, 1.807) is 0 Å². The lowest BCUT2D eigenvalue weighted by atomic mass is 10.2. The van der Waals surface area contributed by atoms with Gasteiger partial charge in [0.25, 0.3) is 0 Å². The van der Waals surface area contributed by atoms with E-state index in [1.807, 2.05) is 4.90 Å². The molecule has 0 bridgehead atoms. The summed E-state index contributed by atoms with van der Waals surface area (Å²) < 4.78 is 0. The Morgan fingerprint density at radius 2 is 2.07 bits per heavy atom.